The number of amides is 2. The molecule has 0 saturated heterocycles. The third kappa shape index (κ3) is 2.82. The molecule has 0 aromatic heterocycles. The summed E-state index contributed by atoms with van der Waals surface area (Å²) in [4.78, 5) is 23.8. The monoisotopic (exact) mass is 285 g/mol. The number of rotatable bonds is 2. The van der Waals surface area contributed by atoms with E-state index in [9.17, 15) is 9.59 Å². The first kappa shape index (κ1) is 13.8. The van der Waals surface area contributed by atoms with Crippen molar-refractivity contribution in [2.75, 3.05) is 7.05 Å². The Morgan fingerprint density at radius 2 is 2.10 bits per heavy atom. The zero-order valence-electron chi connectivity index (χ0n) is 12.1. The number of hydrogen-bond donors (Lipinski definition) is 1. The van der Waals surface area contributed by atoms with Crippen LogP contribution in [0.4, 0.5) is 0 Å². The Balaban J connectivity index is 1.74. The maximum atomic E-state index is 12.3. The summed E-state index contributed by atoms with van der Waals surface area (Å²) in [5, 5.41) is 8.40. The summed E-state index contributed by atoms with van der Waals surface area (Å²) in [6.07, 6.45) is 3.87. The number of carbonyl (C=O) groups is 2. The summed E-state index contributed by atoms with van der Waals surface area (Å²) in [7, 11) is 1.59. The van der Waals surface area contributed by atoms with Crippen molar-refractivity contribution in [1.82, 2.24) is 10.3 Å². The number of hydrogen-bond acceptors (Lipinski definition) is 3. The number of nitrogens with one attached hydrogen (secondary N) is 1. The molecule has 0 bridgehead atoms. The molecule has 5 heteroatoms. The Morgan fingerprint density at radius 1 is 1.29 bits per heavy atom. The number of nitrogens with zero attached hydrogens (tertiary/aromatic N) is 2. The lowest BCUT2D eigenvalue weighted by Gasteiger charge is -2.27. The molecule has 1 unspecified atom stereocenters. The van der Waals surface area contributed by atoms with E-state index < -0.39 is 0 Å². The fourth-order valence-electron chi connectivity index (χ4n) is 2.98. The van der Waals surface area contributed by atoms with E-state index in [0.717, 1.165) is 19.3 Å². The normalized spacial score (nSPS) is 21.6. The fourth-order valence-corrected chi connectivity index (χ4v) is 2.98. The van der Waals surface area contributed by atoms with Crippen LogP contribution in [0.1, 0.15) is 42.9 Å². The predicted octanol–water partition coefficient (Wildman–Crippen LogP) is 1.79. The van der Waals surface area contributed by atoms with Gasteiger partial charge in [0.2, 0.25) is 5.91 Å². The van der Waals surface area contributed by atoms with Crippen LogP contribution in [-0.4, -0.2) is 29.6 Å². The van der Waals surface area contributed by atoms with Crippen LogP contribution in [0.15, 0.2) is 29.4 Å². The molecular weight excluding hydrogens is 266 g/mol. The number of fused-ring (bicyclic) bond motifs is 1. The Labute approximate surface area is 124 Å². The van der Waals surface area contributed by atoms with Gasteiger partial charge in [-0.05, 0) is 30.4 Å². The second-order valence-corrected chi connectivity index (χ2v) is 5.58. The van der Waals surface area contributed by atoms with E-state index in [1.54, 1.807) is 7.05 Å². The van der Waals surface area contributed by atoms with Gasteiger partial charge in [-0.25, -0.2) is 5.01 Å². The van der Waals surface area contributed by atoms with E-state index in [-0.39, 0.29) is 17.9 Å². The summed E-state index contributed by atoms with van der Waals surface area (Å²) < 4.78 is 0. The molecular formula is C16H19N3O2. The van der Waals surface area contributed by atoms with Crippen molar-refractivity contribution in [3.63, 3.8) is 0 Å². The summed E-state index contributed by atoms with van der Waals surface area (Å²) in [6.45, 7) is 0. The molecule has 1 aliphatic carbocycles. The van der Waals surface area contributed by atoms with Gasteiger partial charge < -0.3 is 5.32 Å². The van der Waals surface area contributed by atoms with Crippen molar-refractivity contribution in [3.05, 3.63) is 35.4 Å². The number of aryl methyl sites for hydroxylation is 1. The molecule has 5 nitrogen and oxygen atoms in total. The molecule has 2 aliphatic rings. The van der Waals surface area contributed by atoms with Crippen LogP contribution in [0.3, 0.4) is 0 Å². The first-order valence-electron chi connectivity index (χ1n) is 7.38. The summed E-state index contributed by atoms with van der Waals surface area (Å²) in [6, 6.07) is 8.30. The van der Waals surface area contributed by atoms with Crippen molar-refractivity contribution >= 4 is 17.5 Å². The van der Waals surface area contributed by atoms with Crippen molar-refractivity contribution in [2.24, 2.45) is 5.10 Å². The van der Waals surface area contributed by atoms with Gasteiger partial charge in [0.25, 0.3) is 5.91 Å². The zero-order valence-corrected chi connectivity index (χ0v) is 12.1. The highest BCUT2D eigenvalue weighted by Crippen LogP contribution is 2.29. The topological polar surface area (TPSA) is 61.8 Å². The van der Waals surface area contributed by atoms with Gasteiger partial charge in [-0.3, -0.25) is 9.59 Å². The Bertz CT molecular complexity index is 609. The second-order valence-electron chi connectivity index (χ2n) is 5.58. The Hall–Kier alpha value is -2.17. The summed E-state index contributed by atoms with van der Waals surface area (Å²) in [5.41, 5.74) is 2.96. The van der Waals surface area contributed by atoms with Crippen molar-refractivity contribution in [3.8, 4) is 0 Å². The lowest BCUT2D eigenvalue weighted by Crippen LogP contribution is -2.40. The molecule has 0 radical (unpaired) electrons. The highest BCUT2D eigenvalue weighted by atomic mass is 16.2. The van der Waals surface area contributed by atoms with E-state index in [1.165, 1.54) is 16.1 Å². The summed E-state index contributed by atoms with van der Waals surface area (Å²) >= 11 is 0. The van der Waals surface area contributed by atoms with Crippen molar-refractivity contribution in [2.45, 2.75) is 38.1 Å². The average molecular weight is 285 g/mol. The Morgan fingerprint density at radius 3 is 2.90 bits per heavy atom. The maximum absolute atomic E-state index is 12.3. The fraction of sp³-hybridized carbons (Fsp3) is 0.438. The second kappa shape index (κ2) is 5.68. The van der Waals surface area contributed by atoms with Gasteiger partial charge in [0, 0.05) is 19.9 Å². The summed E-state index contributed by atoms with van der Waals surface area (Å²) in [5.74, 6) is -0.203. The lowest BCUT2D eigenvalue weighted by atomic mass is 9.87. The first-order chi connectivity index (χ1) is 10.1. The van der Waals surface area contributed by atoms with Gasteiger partial charge in [-0.1, -0.05) is 24.3 Å². The molecule has 0 fully saturated rings. The van der Waals surface area contributed by atoms with Gasteiger partial charge >= 0.3 is 0 Å². The van der Waals surface area contributed by atoms with Crippen LogP contribution in [-0.2, 0) is 16.0 Å². The molecule has 0 spiro atoms. The molecule has 1 heterocycles. The standard InChI is InChI=1S/C16H19N3O2/c1-19-15(20)10-9-14(18-19)16(21)17-13-8-4-6-11-5-2-3-7-12(11)13/h2-3,5,7,13H,4,6,8-10H2,1H3,(H,17,21). The van der Waals surface area contributed by atoms with Gasteiger partial charge in [0.05, 0.1) is 6.04 Å². The van der Waals surface area contributed by atoms with E-state index in [4.69, 9.17) is 0 Å². The lowest BCUT2D eigenvalue weighted by molar-refractivity contribution is -0.130. The first-order valence-corrected chi connectivity index (χ1v) is 7.38. The van der Waals surface area contributed by atoms with Gasteiger partial charge in [0.1, 0.15) is 5.71 Å². The Kier molecular flexibility index (Phi) is 3.73. The molecule has 1 N–H and O–H groups in total. The van der Waals surface area contributed by atoms with E-state index >= 15 is 0 Å². The molecule has 1 aromatic rings. The molecule has 1 aliphatic heterocycles. The molecule has 1 atom stereocenters. The van der Waals surface area contributed by atoms with Gasteiger partial charge in [0.15, 0.2) is 0 Å². The molecule has 21 heavy (non-hydrogen) atoms. The minimum atomic E-state index is -0.156. The predicted molar refractivity (Wildman–Crippen MR) is 79.7 cm³/mol. The molecule has 2 amide bonds. The van der Waals surface area contributed by atoms with Crippen LogP contribution in [0.25, 0.3) is 0 Å². The number of carbonyl (C=O) groups excluding carboxylic acids is 2. The van der Waals surface area contributed by atoms with E-state index in [0.29, 0.717) is 18.6 Å². The van der Waals surface area contributed by atoms with Crippen LogP contribution in [0, 0.1) is 0 Å². The zero-order chi connectivity index (χ0) is 14.8. The molecule has 0 saturated carbocycles. The molecule has 3 rings (SSSR count). The minimum Gasteiger partial charge on any atom is -0.344 e. The van der Waals surface area contributed by atoms with Crippen molar-refractivity contribution < 1.29 is 9.59 Å². The van der Waals surface area contributed by atoms with E-state index in [1.807, 2.05) is 12.1 Å². The average Bonchev–Trinajstić information content (AvgIpc) is 2.50. The van der Waals surface area contributed by atoms with Gasteiger partial charge in [-0.15, -0.1) is 0 Å². The SMILES string of the molecule is CN1N=C(C(=O)NC2CCCc3ccccc32)CCC1=O. The molecule has 110 valence electrons. The largest absolute Gasteiger partial charge is 0.344 e. The van der Waals surface area contributed by atoms with Crippen LogP contribution in [0.5, 0.6) is 0 Å². The van der Waals surface area contributed by atoms with Crippen molar-refractivity contribution in [1.29, 1.82) is 0 Å². The minimum absolute atomic E-state index is 0.0467. The van der Waals surface area contributed by atoms with E-state index in [2.05, 4.69) is 22.6 Å². The highest BCUT2D eigenvalue weighted by molar-refractivity contribution is 6.39. The van der Waals surface area contributed by atoms with Crippen LogP contribution in [0.2, 0.25) is 0 Å². The molecule has 1 aromatic carbocycles. The van der Waals surface area contributed by atoms with Crippen LogP contribution < -0.4 is 5.32 Å². The third-order valence-corrected chi connectivity index (χ3v) is 4.14. The van der Waals surface area contributed by atoms with Gasteiger partial charge in [-0.2, -0.15) is 5.10 Å². The third-order valence-electron chi connectivity index (χ3n) is 4.14. The number of hydrazone groups is 1. The smallest absolute Gasteiger partial charge is 0.267 e. The maximum Gasteiger partial charge on any atom is 0.267 e. The highest BCUT2D eigenvalue weighted by Gasteiger charge is 2.26. The van der Waals surface area contributed by atoms with Crippen LogP contribution >= 0.6 is 0 Å². The number of benzene rings is 1. The quantitative estimate of drug-likeness (QED) is 0.900.